The molecule has 0 aliphatic heterocycles. The molecule has 1 rings (SSSR count). The maximum Gasteiger partial charge on any atom is 0.216 e. The van der Waals surface area contributed by atoms with Crippen LogP contribution in [0.1, 0.15) is 45.2 Å². The number of hydrogen-bond acceptors (Lipinski definition) is 4. The van der Waals surface area contributed by atoms with Gasteiger partial charge in [-0.2, -0.15) is 0 Å². The van der Waals surface area contributed by atoms with Gasteiger partial charge in [0.15, 0.2) is 0 Å². The summed E-state index contributed by atoms with van der Waals surface area (Å²) in [5.41, 5.74) is 0.740. The quantitative estimate of drug-likeness (QED) is 0.712. The molecule has 18 heavy (non-hydrogen) atoms. The van der Waals surface area contributed by atoms with Crippen LogP contribution in [-0.2, 0) is 11.2 Å². The highest BCUT2D eigenvalue weighted by Crippen LogP contribution is 2.17. The highest BCUT2D eigenvalue weighted by atomic mass is 16.5. The topological polar surface area (TPSA) is 52.1 Å². The number of Topliss-reactive ketones (excluding diaryl/α,β-unsaturated/α-hetero) is 1. The zero-order chi connectivity index (χ0) is 13.4. The Morgan fingerprint density at radius 1 is 1.28 bits per heavy atom. The van der Waals surface area contributed by atoms with Crippen molar-refractivity contribution >= 4 is 5.78 Å². The van der Waals surface area contributed by atoms with Crippen LogP contribution in [0, 0.1) is 5.92 Å². The molecule has 4 nitrogen and oxygen atoms in total. The zero-order valence-electron chi connectivity index (χ0n) is 11.5. The number of ether oxygens (including phenoxy) is 1. The van der Waals surface area contributed by atoms with Crippen LogP contribution in [0.3, 0.4) is 0 Å². The van der Waals surface area contributed by atoms with Gasteiger partial charge in [-0.25, -0.2) is 9.97 Å². The van der Waals surface area contributed by atoms with E-state index in [-0.39, 0.29) is 11.7 Å². The normalized spacial score (nSPS) is 10.7. The highest BCUT2D eigenvalue weighted by molar-refractivity contribution is 5.82. The Hall–Kier alpha value is -1.45. The molecular formula is C14H22N2O2. The Labute approximate surface area is 109 Å². The van der Waals surface area contributed by atoms with Crippen LogP contribution in [-0.4, -0.2) is 22.9 Å². The summed E-state index contributed by atoms with van der Waals surface area (Å²) in [5.74, 6) is 0.954. The Balaban J connectivity index is 2.66. The van der Waals surface area contributed by atoms with E-state index in [0.29, 0.717) is 12.3 Å². The van der Waals surface area contributed by atoms with E-state index in [9.17, 15) is 4.79 Å². The average molecular weight is 250 g/mol. The SMILES string of the molecule is CCCC(CCC)C(=O)Cc1cc(OC)ncn1. The van der Waals surface area contributed by atoms with Crippen LogP contribution >= 0.6 is 0 Å². The summed E-state index contributed by atoms with van der Waals surface area (Å²) in [5, 5.41) is 0. The van der Waals surface area contributed by atoms with E-state index in [1.165, 1.54) is 6.33 Å². The minimum absolute atomic E-state index is 0.168. The lowest BCUT2D eigenvalue weighted by Crippen LogP contribution is -2.17. The number of aromatic nitrogens is 2. The Morgan fingerprint density at radius 3 is 2.50 bits per heavy atom. The van der Waals surface area contributed by atoms with Gasteiger partial charge in [0.05, 0.1) is 12.8 Å². The molecule has 0 aliphatic carbocycles. The average Bonchev–Trinajstić information content (AvgIpc) is 2.38. The van der Waals surface area contributed by atoms with Crippen molar-refractivity contribution in [3.63, 3.8) is 0 Å². The van der Waals surface area contributed by atoms with E-state index < -0.39 is 0 Å². The van der Waals surface area contributed by atoms with Crippen LogP contribution in [0.4, 0.5) is 0 Å². The number of ketones is 1. The van der Waals surface area contributed by atoms with Gasteiger partial charge in [0.2, 0.25) is 5.88 Å². The first kappa shape index (κ1) is 14.6. The minimum Gasteiger partial charge on any atom is -0.481 e. The smallest absolute Gasteiger partial charge is 0.216 e. The third kappa shape index (κ3) is 4.43. The molecule has 0 amide bonds. The molecule has 0 aromatic carbocycles. The molecule has 0 saturated carbocycles. The largest absolute Gasteiger partial charge is 0.481 e. The Bertz CT molecular complexity index is 374. The monoisotopic (exact) mass is 250 g/mol. The molecule has 0 N–H and O–H groups in total. The van der Waals surface area contributed by atoms with Crippen molar-refractivity contribution in [2.45, 2.75) is 46.0 Å². The molecule has 0 bridgehead atoms. The van der Waals surface area contributed by atoms with E-state index in [2.05, 4.69) is 23.8 Å². The van der Waals surface area contributed by atoms with Crippen molar-refractivity contribution in [2.75, 3.05) is 7.11 Å². The second-order valence-electron chi connectivity index (χ2n) is 4.47. The molecule has 100 valence electrons. The number of carbonyl (C=O) groups excluding carboxylic acids is 1. The van der Waals surface area contributed by atoms with Gasteiger partial charge >= 0.3 is 0 Å². The first-order valence-electron chi connectivity index (χ1n) is 6.58. The van der Waals surface area contributed by atoms with Crippen LogP contribution < -0.4 is 4.74 Å². The zero-order valence-corrected chi connectivity index (χ0v) is 11.5. The third-order valence-electron chi connectivity index (χ3n) is 2.99. The molecule has 4 heteroatoms. The molecule has 1 heterocycles. The summed E-state index contributed by atoms with van der Waals surface area (Å²) in [6.45, 7) is 4.23. The number of methoxy groups -OCH3 is 1. The minimum atomic E-state index is 0.168. The lowest BCUT2D eigenvalue weighted by atomic mass is 9.91. The van der Waals surface area contributed by atoms with Gasteiger partial charge in [0, 0.05) is 18.4 Å². The van der Waals surface area contributed by atoms with Gasteiger partial charge in [0.1, 0.15) is 12.1 Å². The molecule has 1 aromatic heterocycles. The van der Waals surface area contributed by atoms with Crippen LogP contribution in [0.15, 0.2) is 12.4 Å². The fourth-order valence-corrected chi connectivity index (χ4v) is 2.07. The molecule has 0 saturated heterocycles. The van der Waals surface area contributed by atoms with Gasteiger partial charge in [-0.3, -0.25) is 4.79 Å². The molecule has 0 aliphatic rings. The van der Waals surface area contributed by atoms with Gasteiger partial charge in [-0.1, -0.05) is 26.7 Å². The first-order valence-corrected chi connectivity index (χ1v) is 6.58. The summed E-state index contributed by atoms with van der Waals surface area (Å²) in [6, 6.07) is 1.73. The third-order valence-corrected chi connectivity index (χ3v) is 2.99. The molecular weight excluding hydrogens is 228 g/mol. The second kappa shape index (κ2) is 7.80. The number of hydrogen-bond donors (Lipinski definition) is 0. The fourth-order valence-electron chi connectivity index (χ4n) is 2.07. The number of rotatable bonds is 8. The van der Waals surface area contributed by atoms with E-state index in [1.807, 2.05) is 0 Å². The summed E-state index contributed by atoms with van der Waals surface area (Å²) in [6.07, 6.45) is 5.84. The van der Waals surface area contributed by atoms with Gasteiger partial charge in [-0.15, -0.1) is 0 Å². The van der Waals surface area contributed by atoms with E-state index in [4.69, 9.17) is 4.74 Å². The second-order valence-corrected chi connectivity index (χ2v) is 4.47. The van der Waals surface area contributed by atoms with Crippen molar-refractivity contribution < 1.29 is 9.53 Å². The van der Waals surface area contributed by atoms with Crippen LogP contribution in [0.5, 0.6) is 5.88 Å². The van der Waals surface area contributed by atoms with Crippen molar-refractivity contribution in [1.82, 2.24) is 9.97 Å². The maximum absolute atomic E-state index is 12.2. The Morgan fingerprint density at radius 2 is 1.94 bits per heavy atom. The molecule has 0 radical (unpaired) electrons. The Kier molecular flexibility index (Phi) is 6.33. The summed E-state index contributed by atoms with van der Waals surface area (Å²) in [7, 11) is 1.56. The predicted octanol–water partition coefficient (Wildman–Crippen LogP) is 2.81. The van der Waals surface area contributed by atoms with Gasteiger partial charge in [0.25, 0.3) is 0 Å². The highest BCUT2D eigenvalue weighted by Gasteiger charge is 2.17. The van der Waals surface area contributed by atoms with Crippen LogP contribution in [0.25, 0.3) is 0 Å². The number of nitrogens with zero attached hydrogens (tertiary/aromatic N) is 2. The molecule has 0 spiro atoms. The van der Waals surface area contributed by atoms with Crippen molar-refractivity contribution in [1.29, 1.82) is 0 Å². The maximum atomic E-state index is 12.2. The molecule has 0 fully saturated rings. The van der Waals surface area contributed by atoms with E-state index in [1.54, 1.807) is 13.2 Å². The van der Waals surface area contributed by atoms with Gasteiger partial charge < -0.3 is 4.74 Å². The first-order chi connectivity index (χ1) is 8.71. The fraction of sp³-hybridized carbons (Fsp3) is 0.643. The summed E-state index contributed by atoms with van der Waals surface area (Å²) < 4.78 is 5.03. The predicted molar refractivity (Wildman–Crippen MR) is 70.6 cm³/mol. The van der Waals surface area contributed by atoms with Crippen LogP contribution in [0.2, 0.25) is 0 Å². The number of carbonyl (C=O) groups is 1. The van der Waals surface area contributed by atoms with Gasteiger partial charge in [-0.05, 0) is 12.8 Å². The van der Waals surface area contributed by atoms with E-state index >= 15 is 0 Å². The van der Waals surface area contributed by atoms with Crippen molar-refractivity contribution in [3.8, 4) is 5.88 Å². The standard InChI is InChI=1S/C14H22N2O2/c1-4-6-11(7-5-2)13(17)8-12-9-14(18-3)16-10-15-12/h9-11H,4-8H2,1-3H3. The lowest BCUT2D eigenvalue weighted by Gasteiger charge is -2.13. The molecule has 0 atom stereocenters. The molecule has 0 unspecified atom stereocenters. The van der Waals surface area contributed by atoms with Crippen molar-refractivity contribution in [2.24, 2.45) is 5.92 Å². The van der Waals surface area contributed by atoms with E-state index in [0.717, 1.165) is 31.4 Å². The summed E-state index contributed by atoms with van der Waals surface area (Å²) in [4.78, 5) is 20.2. The lowest BCUT2D eigenvalue weighted by molar-refractivity contribution is -0.122. The van der Waals surface area contributed by atoms with Crippen molar-refractivity contribution in [3.05, 3.63) is 18.1 Å². The molecule has 1 aromatic rings. The summed E-state index contributed by atoms with van der Waals surface area (Å²) >= 11 is 0.